The predicted molar refractivity (Wildman–Crippen MR) is 117 cm³/mol. The van der Waals surface area contributed by atoms with Crippen LogP contribution in [0.5, 0.6) is 0 Å². The van der Waals surface area contributed by atoms with Gasteiger partial charge >= 0.3 is 0 Å². The van der Waals surface area contributed by atoms with E-state index in [-0.39, 0.29) is 5.92 Å². The van der Waals surface area contributed by atoms with Gasteiger partial charge in [-0.15, -0.1) is 0 Å². The second-order valence-electron chi connectivity index (χ2n) is 8.21. The number of hydrogen-bond acceptors (Lipinski definition) is 4. The van der Waals surface area contributed by atoms with Crippen molar-refractivity contribution < 1.29 is 13.2 Å². The van der Waals surface area contributed by atoms with Crippen LogP contribution in [0.1, 0.15) is 52.8 Å². The lowest BCUT2D eigenvalue weighted by Gasteiger charge is -2.22. The summed E-state index contributed by atoms with van der Waals surface area (Å²) in [6.07, 6.45) is 10.5. The number of aryl methyl sites for hydroxylation is 3. The molecule has 0 fully saturated rings. The first-order valence-electron chi connectivity index (χ1n) is 10.6. The topological polar surface area (TPSA) is 61.4 Å². The van der Waals surface area contributed by atoms with E-state index in [4.69, 9.17) is 0 Å². The third-order valence-corrected chi connectivity index (χ3v) is 5.75. The van der Waals surface area contributed by atoms with E-state index in [1.54, 1.807) is 23.3 Å². The van der Waals surface area contributed by atoms with Crippen molar-refractivity contribution in [2.24, 2.45) is 0 Å². The summed E-state index contributed by atoms with van der Waals surface area (Å²) in [4.78, 5) is 13.4. The molecule has 0 saturated carbocycles. The molecule has 0 aliphatic carbocycles. The Morgan fingerprint density at radius 3 is 2.52 bits per heavy atom. The minimum atomic E-state index is -1.46. The molecule has 0 saturated heterocycles. The fraction of sp³-hybridized carbons (Fsp3) is 0.250. The lowest BCUT2D eigenvalue weighted by molar-refractivity contribution is 0.427. The number of aromatic nitrogens is 6. The predicted octanol–water partition coefficient (Wildman–Crippen LogP) is 4.99. The van der Waals surface area contributed by atoms with Gasteiger partial charge in [0.25, 0.3) is 0 Å². The molecule has 0 unspecified atom stereocenters. The van der Waals surface area contributed by atoms with Crippen molar-refractivity contribution in [3.63, 3.8) is 0 Å². The summed E-state index contributed by atoms with van der Waals surface area (Å²) < 4.78 is 44.6. The largest absolute Gasteiger partial charge is 0.290 e. The van der Waals surface area contributed by atoms with Gasteiger partial charge in [-0.3, -0.25) is 4.57 Å². The third kappa shape index (κ3) is 4.06. The van der Waals surface area contributed by atoms with Crippen molar-refractivity contribution in [1.29, 1.82) is 0 Å². The average molecular weight is 450 g/mol. The van der Waals surface area contributed by atoms with Crippen LogP contribution >= 0.6 is 0 Å². The highest BCUT2D eigenvalue weighted by Crippen LogP contribution is 2.33. The SMILES string of the molecule is Cc1cn(-c2ncc(/C=C/c3nc4n(n3)CCC[C@@H]4c3cc(F)c(F)c(F)c3)cc2C)cn1. The molecular formula is C24H21F3N6. The zero-order valence-electron chi connectivity index (χ0n) is 18.1. The maximum atomic E-state index is 13.8. The summed E-state index contributed by atoms with van der Waals surface area (Å²) in [7, 11) is 0. The van der Waals surface area contributed by atoms with Gasteiger partial charge < -0.3 is 0 Å². The molecular weight excluding hydrogens is 429 g/mol. The van der Waals surface area contributed by atoms with Crippen LogP contribution in [0, 0.1) is 31.3 Å². The average Bonchev–Trinajstić information content (AvgIpc) is 3.41. The Morgan fingerprint density at radius 1 is 1.03 bits per heavy atom. The summed E-state index contributed by atoms with van der Waals surface area (Å²) >= 11 is 0. The highest BCUT2D eigenvalue weighted by atomic mass is 19.2. The number of rotatable bonds is 4. The van der Waals surface area contributed by atoms with Crippen molar-refractivity contribution in [2.75, 3.05) is 0 Å². The molecule has 1 aliphatic rings. The standard InChI is InChI=1S/C24H21F3N6/c1-14-8-16(11-28-23(14)32-12-15(2)29-13-32)5-6-21-30-24-18(4-3-7-33(24)31-21)17-9-19(25)22(27)20(26)10-17/h5-6,8-13,18H,3-4,7H2,1-2H3/b6-5+/t18-/m1/s1. The lowest BCUT2D eigenvalue weighted by Crippen LogP contribution is -2.18. The molecule has 0 radical (unpaired) electrons. The molecule has 1 aliphatic heterocycles. The summed E-state index contributed by atoms with van der Waals surface area (Å²) in [5, 5.41) is 4.52. The van der Waals surface area contributed by atoms with Crippen LogP contribution in [0.2, 0.25) is 0 Å². The molecule has 6 nitrogen and oxygen atoms in total. The Morgan fingerprint density at radius 2 is 1.82 bits per heavy atom. The monoisotopic (exact) mass is 450 g/mol. The van der Waals surface area contributed by atoms with Gasteiger partial charge in [0.2, 0.25) is 0 Å². The van der Waals surface area contributed by atoms with Gasteiger partial charge in [0.15, 0.2) is 23.3 Å². The van der Waals surface area contributed by atoms with E-state index < -0.39 is 17.5 Å². The van der Waals surface area contributed by atoms with Crippen LogP contribution in [0.25, 0.3) is 18.0 Å². The molecule has 3 aromatic heterocycles. The van der Waals surface area contributed by atoms with Crippen LogP contribution in [-0.2, 0) is 6.54 Å². The molecule has 1 aromatic carbocycles. The zero-order chi connectivity index (χ0) is 23.1. The second-order valence-corrected chi connectivity index (χ2v) is 8.21. The molecule has 4 heterocycles. The van der Waals surface area contributed by atoms with E-state index in [0.29, 0.717) is 30.2 Å². The van der Waals surface area contributed by atoms with Gasteiger partial charge in [0, 0.05) is 24.9 Å². The number of imidazole rings is 1. The highest BCUT2D eigenvalue weighted by molar-refractivity contribution is 5.67. The molecule has 0 spiro atoms. The third-order valence-electron chi connectivity index (χ3n) is 5.75. The van der Waals surface area contributed by atoms with Crippen LogP contribution in [-0.4, -0.2) is 29.3 Å². The van der Waals surface area contributed by atoms with Crippen LogP contribution in [0.4, 0.5) is 13.2 Å². The Balaban J connectivity index is 1.40. The Labute approximate surface area is 188 Å². The molecule has 9 heteroatoms. The van der Waals surface area contributed by atoms with Gasteiger partial charge in [-0.1, -0.05) is 0 Å². The molecule has 1 atom stereocenters. The first-order chi connectivity index (χ1) is 15.9. The molecule has 0 N–H and O–H groups in total. The van der Waals surface area contributed by atoms with Gasteiger partial charge in [-0.2, -0.15) is 5.10 Å². The highest BCUT2D eigenvalue weighted by Gasteiger charge is 2.27. The Kier molecular flexibility index (Phi) is 5.32. The second kappa shape index (κ2) is 8.31. The van der Waals surface area contributed by atoms with Gasteiger partial charge in [-0.05, 0) is 73.7 Å². The normalized spacial score (nSPS) is 15.8. The lowest BCUT2D eigenvalue weighted by atomic mass is 9.91. The number of halogens is 3. The Bertz CT molecular complexity index is 1350. The van der Waals surface area contributed by atoms with Gasteiger partial charge in [-0.25, -0.2) is 32.8 Å². The van der Waals surface area contributed by atoms with Gasteiger partial charge in [0.05, 0.1) is 5.69 Å². The fourth-order valence-corrected chi connectivity index (χ4v) is 4.19. The maximum absolute atomic E-state index is 13.8. The molecule has 4 aromatic rings. The fourth-order valence-electron chi connectivity index (χ4n) is 4.19. The summed E-state index contributed by atoms with van der Waals surface area (Å²) in [5.41, 5.74) is 3.16. The molecule has 33 heavy (non-hydrogen) atoms. The van der Waals surface area contributed by atoms with Crippen molar-refractivity contribution >= 4 is 12.2 Å². The van der Waals surface area contributed by atoms with Crippen molar-refractivity contribution in [1.82, 2.24) is 29.3 Å². The summed E-state index contributed by atoms with van der Waals surface area (Å²) in [5.74, 6) is -2.28. The van der Waals surface area contributed by atoms with Crippen molar-refractivity contribution in [3.05, 3.63) is 88.4 Å². The quantitative estimate of drug-likeness (QED) is 0.411. The first kappa shape index (κ1) is 21.1. The van der Waals surface area contributed by atoms with Crippen LogP contribution in [0.3, 0.4) is 0 Å². The van der Waals surface area contributed by atoms with E-state index >= 15 is 0 Å². The molecule has 0 amide bonds. The summed E-state index contributed by atoms with van der Waals surface area (Å²) in [6, 6.07) is 4.10. The molecule has 5 rings (SSSR count). The zero-order valence-corrected chi connectivity index (χ0v) is 18.1. The van der Waals surface area contributed by atoms with Crippen LogP contribution < -0.4 is 0 Å². The number of benzene rings is 1. The van der Waals surface area contributed by atoms with Gasteiger partial charge in [0.1, 0.15) is 18.0 Å². The van der Waals surface area contributed by atoms with E-state index in [9.17, 15) is 13.2 Å². The molecule has 0 bridgehead atoms. The smallest absolute Gasteiger partial charge is 0.194 e. The first-order valence-corrected chi connectivity index (χ1v) is 10.6. The minimum Gasteiger partial charge on any atom is -0.290 e. The van der Waals surface area contributed by atoms with Crippen molar-refractivity contribution in [2.45, 2.75) is 39.2 Å². The maximum Gasteiger partial charge on any atom is 0.194 e. The number of fused-ring (bicyclic) bond motifs is 1. The minimum absolute atomic E-state index is 0.347. The Hall–Kier alpha value is -3.75. The van der Waals surface area contributed by atoms with E-state index in [1.807, 2.05) is 36.8 Å². The van der Waals surface area contributed by atoms with E-state index in [2.05, 4.69) is 20.1 Å². The van der Waals surface area contributed by atoms with Crippen molar-refractivity contribution in [3.8, 4) is 5.82 Å². The van der Waals surface area contributed by atoms with E-state index in [0.717, 1.165) is 41.2 Å². The number of nitrogens with zero attached hydrogens (tertiary/aromatic N) is 6. The summed E-state index contributed by atoms with van der Waals surface area (Å²) in [6.45, 7) is 4.57. The van der Waals surface area contributed by atoms with E-state index in [1.165, 1.54) is 0 Å². The molecule has 168 valence electrons. The van der Waals surface area contributed by atoms with Crippen LogP contribution in [0.15, 0.2) is 36.9 Å². The number of pyridine rings is 1. The number of hydrogen-bond donors (Lipinski definition) is 0.